The molecule has 0 aliphatic rings. The summed E-state index contributed by atoms with van der Waals surface area (Å²) >= 11 is 5.33. The predicted octanol–water partition coefficient (Wildman–Crippen LogP) is 2.96. The Kier molecular flexibility index (Phi) is 3.11. The minimum absolute atomic E-state index is 0.0595. The van der Waals surface area contributed by atoms with E-state index in [2.05, 4.69) is 15.9 Å². The largest absolute Gasteiger partial charge is 0.508 e. The molecule has 0 aliphatic carbocycles. The van der Waals surface area contributed by atoms with Gasteiger partial charge in [0.25, 0.3) is 0 Å². The smallest absolute Gasteiger partial charge is 0.161 e. The fraction of sp³-hybridized carbons (Fsp3) is 0.125. The first-order chi connectivity index (χ1) is 5.52. The quantitative estimate of drug-likeness (QED) is 0.630. The monoisotopic (exact) mass is 340 g/mol. The highest BCUT2D eigenvalue weighted by Crippen LogP contribution is 2.28. The summed E-state index contributed by atoms with van der Waals surface area (Å²) in [6.45, 7) is 1.47. The number of phenolic OH excluding ortho intramolecular Hbond substituents is 1. The summed E-state index contributed by atoms with van der Waals surface area (Å²) in [6.07, 6.45) is 0. The highest BCUT2D eigenvalue weighted by molar-refractivity contribution is 14.1. The number of hydrogen-bond donors (Lipinski definition) is 1. The van der Waals surface area contributed by atoms with Crippen LogP contribution in [0.5, 0.6) is 5.75 Å². The summed E-state index contributed by atoms with van der Waals surface area (Å²) in [5.74, 6) is 0.0588. The number of rotatable bonds is 1. The highest BCUT2D eigenvalue weighted by Gasteiger charge is 2.09. The normalized spacial score (nSPS) is 9.92. The van der Waals surface area contributed by atoms with Gasteiger partial charge in [-0.1, -0.05) is 0 Å². The molecule has 0 amide bonds. The van der Waals surface area contributed by atoms with Crippen LogP contribution in [0.1, 0.15) is 17.3 Å². The predicted molar refractivity (Wildman–Crippen MR) is 58.5 cm³/mol. The van der Waals surface area contributed by atoms with E-state index in [0.717, 1.165) is 8.04 Å². The Balaban J connectivity index is 3.37. The van der Waals surface area contributed by atoms with Gasteiger partial charge in [0, 0.05) is 13.6 Å². The van der Waals surface area contributed by atoms with Crippen molar-refractivity contribution in [3.05, 3.63) is 25.7 Å². The van der Waals surface area contributed by atoms with Crippen LogP contribution in [0, 0.1) is 3.57 Å². The lowest BCUT2D eigenvalue weighted by Crippen LogP contribution is -1.94. The standard InChI is InChI=1S/C8H6BrIO2/c1-4(11)6-2-5(12)3-7(10)8(6)9/h2-3,12H,1H3. The molecule has 4 heteroatoms. The Morgan fingerprint density at radius 2 is 2.17 bits per heavy atom. The molecule has 0 aliphatic heterocycles. The van der Waals surface area contributed by atoms with Crippen molar-refractivity contribution in [1.82, 2.24) is 0 Å². The molecule has 0 aromatic heterocycles. The Morgan fingerprint density at radius 1 is 1.58 bits per heavy atom. The molecule has 1 rings (SSSR count). The van der Waals surface area contributed by atoms with Crippen LogP contribution in [-0.2, 0) is 0 Å². The van der Waals surface area contributed by atoms with E-state index < -0.39 is 0 Å². The lowest BCUT2D eigenvalue weighted by Gasteiger charge is -2.03. The first-order valence-corrected chi connectivity index (χ1v) is 5.08. The van der Waals surface area contributed by atoms with Gasteiger partial charge in [0.2, 0.25) is 0 Å². The molecule has 0 spiro atoms. The lowest BCUT2D eigenvalue weighted by atomic mass is 10.1. The second kappa shape index (κ2) is 3.74. The molecule has 0 saturated heterocycles. The number of benzene rings is 1. The SMILES string of the molecule is CC(=O)c1cc(O)cc(I)c1Br. The van der Waals surface area contributed by atoms with E-state index >= 15 is 0 Å². The molecular weight excluding hydrogens is 335 g/mol. The molecule has 12 heavy (non-hydrogen) atoms. The molecule has 0 atom stereocenters. The van der Waals surface area contributed by atoms with Crippen molar-refractivity contribution >= 4 is 44.3 Å². The molecule has 1 aromatic carbocycles. The summed E-state index contributed by atoms with van der Waals surface area (Å²) in [5.41, 5.74) is 0.513. The third kappa shape index (κ3) is 1.98. The topological polar surface area (TPSA) is 37.3 Å². The van der Waals surface area contributed by atoms with Gasteiger partial charge < -0.3 is 5.11 Å². The number of phenols is 1. The molecule has 0 saturated carbocycles. The van der Waals surface area contributed by atoms with Gasteiger partial charge >= 0.3 is 0 Å². The zero-order chi connectivity index (χ0) is 9.30. The van der Waals surface area contributed by atoms with Gasteiger partial charge in [0.15, 0.2) is 5.78 Å². The molecule has 0 fully saturated rings. The zero-order valence-electron chi connectivity index (χ0n) is 6.27. The van der Waals surface area contributed by atoms with E-state index in [1.54, 1.807) is 6.07 Å². The summed E-state index contributed by atoms with van der Waals surface area (Å²) in [5, 5.41) is 9.19. The molecular formula is C8H6BrIO2. The van der Waals surface area contributed by atoms with Gasteiger partial charge in [-0.05, 0) is 57.6 Å². The number of hydrogen-bond acceptors (Lipinski definition) is 2. The van der Waals surface area contributed by atoms with Crippen molar-refractivity contribution in [2.45, 2.75) is 6.92 Å². The minimum Gasteiger partial charge on any atom is -0.508 e. The molecule has 0 radical (unpaired) electrons. The van der Waals surface area contributed by atoms with E-state index in [9.17, 15) is 9.90 Å². The van der Waals surface area contributed by atoms with Gasteiger partial charge in [-0.2, -0.15) is 0 Å². The zero-order valence-corrected chi connectivity index (χ0v) is 10.0. The van der Waals surface area contributed by atoms with Crippen LogP contribution >= 0.6 is 38.5 Å². The summed E-state index contributed by atoms with van der Waals surface area (Å²) in [7, 11) is 0. The Labute approximate surface area is 92.2 Å². The fourth-order valence-corrected chi connectivity index (χ4v) is 1.95. The molecule has 64 valence electrons. The first kappa shape index (κ1) is 9.98. The maximum Gasteiger partial charge on any atom is 0.161 e. The third-order valence-electron chi connectivity index (χ3n) is 1.39. The Bertz CT molecular complexity index is 336. The first-order valence-electron chi connectivity index (χ1n) is 3.21. The highest BCUT2D eigenvalue weighted by atomic mass is 127. The van der Waals surface area contributed by atoms with Crippen LogP contribution < -0.4 is 0 Å². The van der Waals surface area contributed by atoms with Crippen LogP contribution in [-0.4, -0.2) is 10.9 Å². The van der Waals surface area contributed by atoms with Gasteiger partial charge in [0.05, 0.1) is 0 Å². The van der Waals surface area contributed by atoms with Crippen LogP contribution in [0.3, 0.4) is 0 Å². The molecule has 0 bridgehead atoms. The van der Waals surface area contributed by atoms with Crippen molar-refractivity contribution in [2.24, 2.45) is 0 Å². The minimum atomic E-state index is -0.0595. The van der Waals surface area contributed by atoms with Crippen LogP contribution in [0.2, 0.25) is 0 Å². The van der Waals surface area contributed by atoms with Gasteiger partial charge in [-0.3, -0.25) is 4.79 Å². The average Bonchev–Trinajstić information content (AvgIpc) is 1.96. The fourth-order valence-electron chi connectivity index (χ4n) is 0.831. The number of ketones is 1. The van der Waals surface area contributed by atoms with E-state index in [0.29, 0.717) is 5.56 Å². The van der Waals surface area contributed by atoms with Crippen molar-refractivity contribution in [1.29, 1.82) is 0 Å². The number of aromatic hydroxyl groups is 1. The second-order valence-corrected chi connectivity index (χ2v) is 4.30. The Morgan fingerprint density at radius 3 is 2.67 bits per heavy atom. The maximum absolute atomic E-state index is 11.0. The van der Waals surface area contributed by atoms with Crippen molar-refractivity contribution in [2.75, 3.05) is 0 Å². The lowest BCUT2D eigenvalue weighted by molar-refractivity contribution is 0.101. The van der Waals surface area contributed by atoms with Gasteiger partial charge in [-0.15, -0.1) is 0 Å². The number of carbonyl (C=O) groups is 1. The van der Waals surface area contributed by atoms with Crippen LogP contribution in [0.15, 0.2) is 16.6 Å². The number of halogens is 2. The summed E-state index contributed by atoms with van der Waals surface area (Å²) in [6, 6.07) is 3.05. The van der Waals surface area contributed by atoms with Gasteiger partial charge in [0.1, 0.15) is 5.75 Å². The number of carbonyl (C=O) groups excluding carboxylic acids is 1. The van der Waals surface area contributed by atoms with Crippen LogP contribution in [0.25, 0.3) is 0 Å². The maximum atomic E-state index is 11.0. The van der Waals surface area contributed by atoms with Gasteiger partial charge in [-0.25, -0.2) is 0 Å². The molecule has 1 aromatic rings. The van der Waals surface area contributed by atoms with E-state index in [1.807, 2.05) is 22.6 Å². The van der Waals surface area contributed by atoms with Crippen molar-refractivity contribution in [3.8, 4) is 5.75 Å². The van der Waals surface area contributed by atoms with Crippen LogP contribution in [0.4, 0.5) is 0 Å². The molecule has 0 heterocycles. The van der Waals surface area contributed by atoms with E-state index in [1.165, 1.54) is 13.0 Å². The van der Waals surface area contributed by atoms with Crippen molar-refractivity contribution < 1.29 is 9.90 Å². The second-order valence-electron chi connectivity index (χ2n) is 2.35. The van der Waals surface area contributed by atoms with E-state index in [-0.39, 0.29) is 11.5 Å². The number of Topliss-reactive ketones (excluding diaryl/α,β-unsaturated/α-hetero) is 1. The molecule has 0 unspecified atom stereocenters. The van der Waals surface area contributed by atoms with E-state index in [4.69, 9.17) is 0 Å². The third-order valence-corrected chi connectivity index (χ3v) is 3.84. The summed E-state index contributed by atoms with van der Waals surface area (Å²) in [4.78, 5) is 11.0. The summed E-state index contributed by atoms with van der Waals surface area (Å²) < 4.78 is 1.58. The molecule has 1 N–H and O–H groups in total. The average molecular weight is 341 g/mol. The molecule has 2 nitrogen and oxygen atoms in total. The Hall–Kier alpha value is -0.100. The van der Waals surface area contributed by atoms with Crippen molar-refractivity contribution in [3.63, 3.8) is 0 Å².